The predicted molar refractivity (Wildman–Crippen MR) is 57.7 cm³/mol. The van der Waals surface area contributed by atoms with Crippen molar-refractivity contribution in [3.05, 3.63) is 29.3 Å². The van der Waals surface area contributed by atoms with Crippen LogP contribution in [0.3, 0.4) is 0 Å². The molecule has 0 aromatic carbocycles. The second-order valence-corrected chi connectivity index (χ2v) is 3.74. The van der Waals surface area contributed by atoms with E-state index in [2.05, 4.69) is 15.4 Å². The molecular weight excluding hydrogens is 206 g/mol. The van der Waals surface area contributed by atoms with Gasteiger partial charge in [-0.3, -0.25) is 4.68 Å². The minimum absolute atomic E-state index is 0.669. The molecule has 1 atom stereocenters. The molecule has 0 aliphatic rings. The second-order valence-electron chi connectivity index (χ2n) is 3.74. The zero-order valence-electron chi connectivity index (χ0n) is 9.62. The molecule has 0 bridgehead atoms. The van der Waals surface area contributed by atoms with Crippen LogP contribution in [0.4, 0.5) is 0 Å². The van der Waals surface area contributed by atoms with E-state index in [0.29, 0.717) is 5.69 Å². The van der Waals surface area contributed by atoms with Gasteiger partial charge in [0.15, 0.2) is 0 Å². The van der Waals surface area contributed by atoms with Crippen LogP contribution in [0.15, 0.2) is 12.4 Å². The quantitative estimate of drug-likeness (QED) is 0.803. The summed E-state index contributed by atoms with van der Waals surface area (Å²) in [7, 11) is 3.60. The number of nitrogens with zero attached hydrogens (tertiary/aromatic N) is 5. The van der Waals surface area contributed by atoms with Crippen LogP contribution in [0.1, 0.15) is 30.0 Å². The van der Waals surface area contributed by atoms with Crippen molar-refractivity contribution in [2.45, 2.75) is 19.4 Å². The van der Waals surface area contributed by atoms with Gasteiger partial charge in [-0.25, -0.2) is 4.68 Å². The first-order valence-electron chi connectivity index (χ1n) is 5.18. The van der Waals surface area contributed by atoms with Crippen LogP contribution in [0.2, 0.25) is 0 Å². The normalized spacial score (nSPS) is 13.0. The zero-order chi connectivity index (χ0) is 11.7. The molecular formula is C10H15N5O. The van der Waals surface area contributed by atoms with Crippen LogP contribution in [0.25, 0.3) is 0 Å². The molecule has 0 radical (unpaired) electrons. The maximum atomic E-state index is 10.2. The van der Waals surface area contributed by atoms with Crippen LogP contribution in [-0.4, -0.2) is 29.9 Å². The molecule has 0 fully saturated rings. The average Bonchev–Trinajstić information content (AvgIpc) is 2.83. The molecule has 2 rings (SSSR count). The van der Waals surface area contributed by atoms with Crippen LogP contribution in [-0.2, 0) is 20.5 Å². The van der Waals surface area contributed by atoms with Crippen LogP contribution < -0.4 is 0 Å². The van der Waals surface area contributed by atoms with Gasteiger partial charge in [0.2, 0.25) is 0 Å². The molecule has 1 unspecified atom stereocenters. The lowest BCUT2D eigenvalue weighted by molar-refractivity contribution is 0.208. The highest BCUT2D eigenvalue weighted by atomic mass is 16.3. The van der Waals surface area contributed by atoms with E-state index in [9.17, 15) is 5.11 Å². The number of hydrogen-bond acceptors (Lipinski definition) is 4. The highest BCUT2D eigenvalue weighted by molar-refractivity contribution is 5.26. The van der Waals surface area contributed by atoms with E-state index in [1.807, 2.05) is 20.2 Å². The van der Waals surface area contributed by atoms with E-state index < -0.39 is 6.10 Å². The lowest BCUT2D eigenvalue weighted by Crippen LogP contribution is -2.07. The Balaban J connectivity index is 2.40. The maximum absolute atomic E-state index is 10.2. The fraction of sp³-hybridized carbons (Fsp3) is 0.500. The van der Waals surface area contributed by atoms with E-state index in [0.717, 1.165) is 17.7 Å². The van der Waals surface area contributed by atoms with E-state index in [-0.39, 0.29) is 0 Å². The molecule has 0 aliphatic carbocycles. The monoisotopic (exact) mass is 221 g/mol. The van der Waals surface area contributed by atoms with Crippen molar-refractivity contribution in [3.63, 3.8) is 0 Å². The lowest BCUT2D eigenvalue weighted by Gasteiger charge is -2.09. The van der Waals surface area contributed by atoms with Gasteiger partial charge in [-0.1, -0.05) is 12.1 Å². The summed E-state index contributed by atoms with van der Waals surface area (Å²) in [6.45, 7) is 2.01. The third kappa shape index (κ3) is 1.71. The van der Waals surface area contributed by atoms with Crippen LogP contribution in [0.5, 0.6) is 0 Å². The number of aromatic nitrogens is 5. The van der Waals surface area contributed by atoms with E-state index >= 15 is 0 Å². The third-order valence-electron chi connectivity index (χ3n) is 2.60. The Morgan fingerprint density at radius 2 is 2.19 bits per heavy atom. The minimum Gasteiger partial charge on any atom is -0.382 e. The van der Waals surface area contributed by atoms with Crippen molar-refractivity contribution >= 4 is 0 Å². The Morgan fingerprint density at radius 3 is 2.75 bits per heavy atom. The Morgan fingerprint density at radius 1 is 1.44 bits per heavy atom. The first-order valence-corrected chi connectivity index (χ1v) is 5.18. The van der Waals surface area contributed by atoms with Crippen molar-refractivity contribution in [1.82, 2.24) is 24.8 Å². The topological polar surface area (TPSA) is 68.8 Å². The van der Waals surface area contributed by atoms with Gasteiger partial charge in [0.1, 0.15) is 6.10 Å². The third-order valence-corrected chi connectivity index (χ3v) is 2.60. The summed E-state index contributed by atoms with van der Waals surface area (Å²) in [4.78, 5) is 0. The van der Waals surface area contributed by atoms with Crippen LogP contribution >= 0.6 is 0 Å². The number of aryl methyl sites for hydroxylation is 3. The molecule has 6 nitrogen and oxygen atoms in total. The van der Waals surface area contributed by atoms with Gasteiger partial charge in [-0.2, -0.15) is 5.10 Å². The van der Waals surface area contributed by atoms with Crippen molar-refractivity contribution in [2.75, 3.05) is 0 Å². The van der Waals surface area contributed by atoms with Crippen molar-refractivity contribution in [1.29, 1.82) is 0 Å². The predicted octanol–water partition coefficient (Wildman–Crippen LogP) is 0.193. The van der Waals surface area contributed by atoms with Gasteiger partial charge < -0.3 is 5.11 Å². The summed E-state index contributed by atoms with van der Waals surface area (Å²) in [5, 5.41) is 22.1. The highest BCUT2D eigenvalue weighted by Gasteiger charge is 2.20. The van der Waals surface area contributed by atoms with Crippen LogP contribution in [0, 0.1) is 0 Å². The molecule has 86 valence electrons. The Bertz CT molecular complexity index is 487. The fourth-order valence-electron chi connectivity index (χ4n) is 1.76. The Hall–Kier alpha value is -1.69. The van der Waals surface area contributed by atoms with Crippen molar-refractivity contribution < 1.29 is 5.11 Å². The van der Waals surface area contributed by atoms with E-state index in [1.54, 1.807) is 22.6 Å². The molecule has 2 aromatic heterocycles. The highest BCUT2D eigenvalue weighted by Crippen LogP contribution is 2.23. The Labute approximate surface area is 93.5 Å². The molecule has 0 saturated carbocycles. The van der Waals surface area contributed by atoms with E-state index in [1.165, 1.54) is 0 Å². The summed E-state index contributed by atoms with van der Waals surface area (Å²) in [6, 6.07) is 0. The molecule has 16 heavy (non-hydrogen) atoms. The van der Waals surface area contributed by atoms with Gasteiger partial charge in [0.05, 0.1) is 17.6 Å². The maximum Gasteiger partial charge on any atom is 0.126 e. The molecule has 0 amide bonds. The van der Waals surface area contributed by atoms with Gasteiger partial charge in [0.25, 0.3) is 0 Å². The summed E-state index contributed by atoms with van der Waals surface area (Å²) in [5.74, 6) is 0. The minimum atomic E-state index is -0.719. The molecule has 0 spiro atoms. The average molecular weight is 221 g/mol. The number of aliphatic hydroxyl groups is 1. The SMILES string of the molecule is CCc1nn(C)cc1C(O)c1cnnn1C. The summed E-state index contributed by atoms with van der Waals surface area (Å²) >= 11 is 0. The molecule has 0 aliphatic heterocycles. The number of rotatable bonds is 3. The second kappa shape index (κ2) is 4.05. The molecule has 2 heterocycles. The van der Waals surface area contributed by atoms with Gasteiger partial charge in [0, 0.05) is 25.9 Å². The molecule has 1 N–H and O–H groups in total. The smallest absolute Gasteiger partial charge is 0.126 e. The zero-order valence-corrected chi connectivity index (χ0v) is 9.62. The number of aliphatic hydroxyl groups excluding tert-OH is 1. The summed E-state index contributed by atoms with van der Waals surface area (Å²) in [5.41, 5.74) is 2.38. The van der Waals surface area contributed by atoms with E-state index in [4.69, 9.17) is 0 Å². The van der Waals surface area contributed by atoms with Crippen molar-refractivity contribution in [3.8, 4) is 0 Å². The van der Waals surface area contributed by atoms with Gasteiger partial charge in [-0.05, 0) is 6.42 Å². The largest absolute Gasteiger partial charge is 0.382 e. The number of hydrogen-bond donors (Lipinski definition) is 1. The first-order chi connectivity index (χ1) is 7.63. The Kier molecular flexibility index (Phi) is 2.74. The van der Waals surface area contributed by atoms with Crippen molar-refractivity contribution in [2.24, 2.45) is 14.1 Å². The summed E-state index contributed by atoms with van der Waals surface area (Å²) < 4.78 is 3.28. The van der Waals surface area contributed by atoms with Gasteiger partial charge in [-0.15, -0.1) is 5.10 Å². The molecule has 6 heteroatoms. The standard InChI is InChI=1S/C10H15N5O/c1-4-8-7(6-14(2)12-8)10(16)9-5-11-13-15(9)3/h5-6,10,16H,4H2,1-3H3. The molecule has 2 aromatic rings. The lowest BCUT2D eigenvalue weighted by atomic mass is 10.1. The first kappa shape index (κ1) is 10.8. The van der Waals surface area contributed by atoms with Gasteiger partial charge >= 0.3 is 0 Å². The molecule has 0 saturated heterocycles. The fourth-order valence-corrected chi connectivity index (χ4v) is 1.76. The summed E-state index contributed by atoms with van der Waals surface area (Å²) in [6.07, 6.45) is 3.47.